The minimum Gasteiger partial charge on any atom is -0.507 e. The van der Waals surface area contributed by atoms with E-state index in [1.165, 1.54) is 6.07 Å². The highest BCUT2D eigenvalue weighted by Crippen LogP contribution is 2.32. The molecule has 1 aliphatic heterocycles. The van der Waals surface area contributed by atoms with Crippen LogP contribution in [0.25, 0.3) is 16.8 Å². The third kappa shape index (κ3) is 6.10. The molecule has 0 saturated carbocycles. The summed E-state index contributed by atoms with van der Waals surface area (Å²) >= 11 is 0. The van der Waals surface area contributed by atoms with Crippen LogP contribution in [0.1, 0.15) is 72.5 Å². The first-order chi connectivity index (χ1) is 16.9. The monoisotopic (exact) mass is 472 g/mol. The Morgan fingerprint density at radius 2 is 1.86 bits per heavy atom. The van der Waals surface area contributed by atoms with Gasteiger partial charge in [0.15, 0.2) is 0 Å². The molecule has 4 rings (SSSR count). The van der Waals surface area contributed by atoms with Crippen LogP contribution < -0.4 is 4.74 Å². The number of hydrogen-bond donors (Lipinski definition) is 1. The van der Waals surface area contributed by atoms with Crippen molar-refractivity contribution in [2.75, 3.05) is 0 Å². The predicted molar refractivity (Wildman–Crippen MR) is 138 cm³/mol. The van der Waals surface area contributed by atoms with E-state index in [1.807, 2.05) is 25.1 Å². The average Bonchev–Trinajstić information content (AvgIpc) is 2.82. The topological polar surface area (TPSA) is 72.8 Å². The van der Waals surface area contributed by atoms with Crippen molar-refractivity contribution in [3.05, 3.63) is 76.9 Å². The number of phenols is 1. The first-order valence-corrected chi connectivity index (χ1v) is 12.3. The van der Waals surface area contributed by atoms with Gasteiger partial charge in [0, 0.05) is 24.5 Å². The highest BCUT2D eigenvalue weighted by atomic mass is 16.5. The number of fused-ring (bicyclic) bond motifs is 2. The summed E-state index contributed by atoms with van der Waals surface area (Å²) in [4.78, 5) is 25.0. The number of Topliss-reactive ketones (excluding diaryl/α,β-unsaturated/α-hetero) is 1. The molecule has 0 aliphatic carbocycles. The van der Waals surface area contributed by atoms with Gasteiger partial charge in [0.05, 0.1) is 6.10 Å². The Bertz CT molecular complexity index is 1260. The molecule has 1 unspecified atom stereocenters. The van der Waals surface area contributed by atoms with E-state index in [1.54, 1.807) is 12.1 Å². The molecule has 3 aromatic carbocycles. The number of benzene rings is 3. The number of cyclic esters (lactones) is 1. The molecule has 35 heavy (non-hydrogen) atoms. The second-order valence-electron chi connectivity index (χ2n) is 9.22. The van der Waals surface area contributed by atoms with Gasteiger partial charge >= 0.3 is 5.97 Å². The van der Waals surface area contributed by atoms with Gasteiger partial charge in [-0.1, -0.05) is 48.6 Å². The first kappa shape index (κ1) is 24.5. The molecule has 0 saturated heterocycles. The van der Waals surface area contributed by atoms with E-state index in [2.05, 4.69) is 31.2 Å². The van der Waals surface area contributed by atoms with Gasteiger partial charge in [0.1, 0.15) is 29.5 Å². The molecular formula is C30H32O5. The number of aromatic hydroxyl groups is 1. The maximum Gasteiger partial charge on any atom is 0.342 e. The molecule has 1 N–H and O–H groups in total. The molecule has 1 aliphatic rings. The molecule has 0 bridgehead atoms. The van der Waals surface area contributed by atoms with Crippen LogP contribution in [0.3, 0.4) is 0 Å². The van der Waals surface area contributed by atoms with Gasteiger partial charge in [0.2, 0.25) is 0 Å². The summed E-state index contributed by atoms with van der Waals surface area (Å²) in [5.41, 5.74) is 2.87. The van der Waals surface area contributed by atoms with Crippen LogP contribution in [0.4, 0.5) is 0 Å². The predicted octanol–water partition coefficient (Wildman–Crippen LogP) is 6.91. The van der Waals surface area contributed by atoms with Crippen molar-refractivity contribution in [3.63, 3.8) is 0 Å². The Morgan fingerprint density at radius 3 is 2.71 bits per heavy atom. The van der Waals surface area contributed by atoms with E-state index >= 15 is 0 Å². The zero-order valence-corrected chi connectivity index (χ0v) is 20.4. The summed E-state index contributed by atoms with van der Waals surface area (Å²) in [5.74, 6) is -0.0347. The molecule has 5 nitrogen and oxygen atoms in total. The third-order valence-electron chi connectivity index (χ3n) is 6.48. The Kier molecular flexibility index (Phi) is 7.86. The fraction of sp³-hybridized carbons (Fsp3) is 0.333. The summed E-state index contributed by atoms with van der Waals surface area (Å²) in [6.45, 7) is 4.19. The van der Waals surface area contributed by atoms with Gasteiger partial charge in [-0.15, -0.1) is 0 Å². The van der Waals surface area contributed by atoms with Crippen molar-refractivity contribution in [1.82, 2.24) is 0 Å². The summed E-state index contributed by atoms with van der Waals surface area (Å²) in [7, 11) is 0. The van der Waals surface area contributed by atoms with Crippen molar-refractivity contribution >= 4 is 28.6 Å². The molecule has 0 aromatic heterocycles. The number of aryl methyl sites for hydroxylation is 1. The van der Waals surface area contributed by atoms with Crippen LogP contribution in [0.15, 0.2) is 54.6 Å². The number of esters is 1. The third-order valence-corrected chi connectivity index (χ3v) is 6.48. The van der Waals surface area contributed by atoms with Gasteiger partial charge < -0.3 is 14.6 Å². The van der Waals surface area contributed by atoms with Crippen molar-refractivity contribution in [3.8, 4) is 11.5 Å². The van der Waals surface area contributed by atoms with Crippen LogP contribution in [-0.2, 0) is 16.1 Å². The maximum absolute atomic E-state index is 12.9. The van der Waals surface area contributed by atoms with E-state index in [-0.39, 0.29) is 23.2 Å². The number of ketones is 1. The molecule has 0 spiro atoms. The highest BCUT2D eigenvalue weighted by molar-refractivity contribution is 5.97. The van der Waals surface area contributed by atoms with Gasteiger partial charge in [-0.3, -0.25) is 4.79 Å². The number of ether oxygens (including phenoxy) is 2. The van der Waals surface area contributed by atoms with Gasteiger partial charge in [0.25, 0.3) is 0 Å². The number of carbonyl (C=O) groups is 2. The van der Waals surface area contributed by atoms with E-state index in [9.17, 15) is 14.7 Å². The van der Waals surface area contributed by atoms with E-state index in [4.69, 9.17) is 9.47 Å². The van der Waals surface area contributed by atoms with Crippen LogP contribution in [0, 0.1) is 6.92 Å². The van der Waals surface area contributed by atoms with Crippen molar-refractivity contribution in [2.45, 2.75) is 65.1 Å². The Labute approximate surface area is 206 Å². The van der Waals surface area contributed by atoms with E-state index < -0.39 is 5.97 Å². The largest absolute Gasteiger partial charge is 0.507 e. The molecule has 182 valence electrons. The lowest BCUT2D eigenvalue weighted by molar-refractivity contribution is -0.119. The Hall–Kier alpha value is -3.60. The average molecular weight is 473 g/mol. The van der Waals surface area contributed by atoms with Crippen LogP contribution in [0.5, 0.6) is 11.5 Å². The highest BCUT2D eigenvalue weighted by Gasteiger charge is 2.21. The van der Waals surface area contributed by atoms with Crippen molar-refractivity contribution < 1.29 is 24.2 Å². The summed E-state index contributed by atoms with van der Waals surface area (Å²) < 4.78 is 11.7. The number of carbonyl (C=O) groups excluding carboxylic acids is 2. The normalized spacial score (nSPS) is 17.5. The number of phenolic OH excluding ortho intramolecular Hbond substituents is 1. The standard InChI is InChI=1S/C30H32O5/c1-20-15-16-22-10-6-7-14-26(22)27(20)19-34-25-17-23-11-4-3-5-12-24(31)13-8-9-21(2)35-30(33)29(23)28(32)18-25/h4,6-7,10-11,14-18,21,32H,3,5,8-9,12-13,19H2,1-2H3. The zero-order valence-electron chi connectivity index (χ0n) is 20.4. The zero-order chi connectivity index (χ0) is 24.8. The molecule has 0 radical (unpaired) electrons. The summed E-state index contributed by atoms with van der Waals surface area (Å²) in [6, 6.07) is 15.6. The second kappa shape index (κ2) is 11.2. The Balaban J connectivity index is 1.62. The van der Waals surface area contributed by atoms with Crippen molar-refractivity contribution in [2.24, 2.45) is 0 Å². The van der Waals surface area contributed by atoms with E-state index in [0.29, 0.717) is 50.0 Å². The van der Waals surface area contributed by atoms with Crippen LogP contribution >= 0.6 is 0 Å². The van der Waals surface area contributed by atoms with E-state index in [0.717, 1.165) is 28.3 Å². The molecule has 0 fully saturated rings. The summed E-state index contributed by atoms with van der Waals surface area (Å²) in [5, 5.41) is 13.1. The second-order valence-corrected chi connectivity index (χ2v) is 9.22. The summed E-state index contributed by atoms with van der Waals surface area (Å²) in [6.07, 6.45) is 7.18. The van der Waals surface area contributed by atoms with Gasteiger partial charge in [-0.25, -0.2) is 4.79 Å². The number of allylic oxidation sites excluding steroid dienone is 1. The van der Waals surface area contributed by atoms with Crippen LogP contribution in [-0.4, -0.2) is 23.0 Å². The maximum atomic E-state index is 12.9. The minimum absolute atomic E-state index is 0.134. The molecule has 3 aromatic rings. The lowest BCUT2D eigenvalue weighted by atomic mass is 10.0. The molecule has 1 heterocycles. The molecule has 0 amide bonds. The lowest BCUT2D eigenvalue weighted by Gasteiger charge is -2.17. The SMILES string of the molecule is Cc1ccc2ccccc2c1COc1cc(O)c2c(c1)C=CCCCC(=O)CCCC(C)OC2=O. The quantitative estimate of drug-likeness (QED) is 0.419. The fourth-order valence-corrected chi connectivity index (χ4v) is 4.49. The number of rotatable bonds is 3. The molecular weight excluding hydrogens is 440 g/mol. The van der Waals surface area contributed by atoms with Crippen LogP contribution in [0.2, 0.25) is 0 Å². The minimum atomic E-state index is -0.575. The lowest BCUT2D eigenvalue weighted by Crippen LogP contribution is -2.17. The van der Waals surface area contributed by atoms with Gasteiger partial charge in [-0.05, 0) is 67.5 Å². The van der Waals surface area contributed by atoms with Crippen molar-refractivity contribution in [1.29, 1.82) is 0 Å². The fourth-order valence-electron chi connectivity index (χ4n) is 4.49. The smallest absolute Gasteiger partial charge is 0.342 e. The van der Waals surface area contributed by atoms with Gasteiger partial charge in [-0.2, -0.15) is 0 Å². The molecule has 1 atom stereocenters. The first-order valence-electron chi connectivity index (χ1n) is 12.3. The Morgan fingerprint density at radius 1 is 1.06 bits per heavy atom. The number of hydrogen-bond acceptors (Lipinski definition) is 5. The molecule has 5 heteroatoms.